The second kappa shape index (κ2) is 18.8. The van der Waals surface area contributed by atoms with Crippen LogP contribution in [0, 0.1) is 23.7 Å². The smallest absolute Gasteiger partial charge is 0.311 e. The van der Waals surface area contributed by atoms with E-state index in [2.05, 4.69) is 6.58 Å². The van der Waals surface area contributed by atoms with Crippen LogP contribution < -0.4 is 0 Å². The number of aliphatic hydroxyl groups excluding tert-OH is 3. The maximum atomic E-state index is 14.3. The van der Waals surface area contributed by atoms with Gasteiger partial charge in [0.2, 0.25) is 0 Å². The molecule has 0 aromatic rings. The fraction of sp³-hybridized carbons (Fsp3) is 0.900. The van der Waals surface area contributed by atoms with E-state index < -0.39 is 102 Å². The van der Waals surface area contributed by atoms with E-state index in [1.165, 1.54) is 14.0 Å². The maximum Gasteiger partial charge on any atom is 0.311 e. The number of methoxy groups -OCH3 is 1. The molecular formula is C40H71NO13. The number of rotatable bonds is 10. The largest absolute Gasteiger partial charge is 0.459 e. The number of Topliss-reactive ketones (excluding diaryl/α,β-unsaturated/α-hetero) is 1. The van der Waals surface area contributed by atoms with Crippen molar-refractivity contribution in [3.05, 3.63) is 12.7 Å². The Hall–Kier alpha value is -1.56. The molecule has 3 saturated heterocycles. The fourth-order valence-electron chi connectivity index (χ4n) is 8.78. The Kier molecular flexibility index (Phi) is 16.3. The highest BCUT2D eigenvalue weighted by atomic mass is 16.7. The molecule has 0 bridgehead atoms. The quantitative estimate of drug-likeness (QED) is 0.188. The summed E-state index contributed by atoms with van der Waals surface area (Å²) in [6.07, 6.45) is -7.41. The lowest BCUT2D eigenvalue weighted by molar-refractivity contribution is -0.320. The molecule has 54 heavy (non-hydrogen) atoms. The van der Waals surface area contributed by atoms with Crippen LogP contribution in [0.1, 0.15) is 94.9 Å². The van der Waals surface area contributed by atoms with E-state index in [4.69, 9.17) is 33.2 Å². The van der Waals surface area contributed by atoms with Gasteiger partial charge in [-0.1, -0.05) is 33.8 Å². The van der Waals surface area contributed by atoms with Gasteiger partial charge in [0.15, 0.2) is 12.6 Å². The first-order chi connectivity index (χ1) is 25.0. The van der Waals surface area contributed by atoms with Crippen LogP contribution in [0.25, 0.3) is 0 Å². The predicted octanol–water partition coefficient (Wildman–Crippen LogP) is 3.00. The molecule has 3 heterocycles. The van der Waals surface area contributed by atoms with Gasteiger partial charge in [-0.3, -0.25) is 9.59 Å². The van der Waals surface area contributed by atoms with Gasteiger partial charge >= 0.3 is 5.97 Å². The van der Waals surface area contributed by atoms with Crippen molar-refractivity contribution < 1.29 is 63.2 Å². The standard InChI is InChI=1S/C40H71NO13/c1-15-17-49-39(10)19-21(3)30(42)23(5)33(44)40(11,47)28(16-2)52-36(46)25(7)32(53-29-20-38(9,48-14)34(45)26(8)51-29)24(6)35(39)54-37-31(43)27(41(12)13)18-22(4)50-37/h15,21-29,31-35,37,43-45,47H,1,16-20H2,2-14H3/t21-,22-,23+,24+,25-,26+,27+,28+,29+,31-,32+,33-,34+,35-,37+,38-,39-,40-/m1/s1. The van der Waals surface area contributed by atoms with Gasteiger partial charge in [-0.2, -0.15) is 0 Å². The van der Waals surface area contributed by atoms with Crippen LogP contribution >= 0.6 is 0 Å². The second-order valence-electron chi connectivity index (χ2n) is 17.0. The number of aliphatic hydroxyl groups is 4. The first kappa shape index (κ1) is 46.8. The lowest BCUT2D eigenvalue weighted by Gasteiger charge is -2.50. The summed E-state index contributed by atoms with van der Waals surface area (Å²) in [6, 6.07) is -0.300. The van der Waals surface area contributed by atoms with E-state index in [0.29, 0.717) is 6.42 Å². The van der Waals surface area contributed by atoms with Gasteiger partial charge in [-0.05, 0) is 74.9 Å². The molecule has 14 nitrogen and oxygen atoms in total. The van der Waals surface area contributed by atoms with Gasteiger partial charge in [-0.15, -0.1) is 6.58 Å². The van der Waals surface area contributed by atoms with E-state index in [1.54, 1.807) is 54.5 Å². The first-order valence-corrected chi connectivity index (χ1v) is 19.6. The number of ether oxygens (including phenoxy) is 7. The van der Waals surface area contributed by atoms with Gasteiger partial charge in [0.05, 0.1) is 54.2 Å². The number of nitrogens with zero attached hydrogens (tertiary/aromatic N) is 1. The summed E-state index contributed by atoms with van der Waals surface area (Å²) in [6.45, 7) is 21.0. The number of hydrogen-bond acceptors (Lipinski definition) is 14. The van der Waals surface area contributed by atoms with Crippen LogP contribution in [-0.2, 0) is 42.7 Å². The van der Waals surface area contributed by atoms with Crippen molar-refractivity contribution in [1.29, 1.82) is 0 Å². The molecule has 0 amide bonds. The van der Waals surface area contributed by atoms with Gasteiger partial charge < -0.3 is 58.5 Å². The molecule has 3 aliphatic heterocycles. The molecule has 3 rings (SSSR count). The molecule has 314 valence electrons. The first-order valence-electron chi connectivity index (χ1n) is 19.6. The van der Waals surface area contributed by atoms with Gasteiger partial charge in [0.25, 0.3) is 0 Å². The van der Waals surface area contributed by atoms with Crippen molar-refractivity contribution in [1.82, 2.24) is 4.90 Å². The van der Waals surface area contributed by atoms with Crippen molar-refractivity contribution in [2.75, 3.05) is 27.8 Å². The van der Waals surface area contributed by atoms with Crippen molar-refractivity contribution >= 4 is 11.8 Å². The molecule has 14 heteroatoms. The Labute approximate surface area is 322 Å². The molecule has 0 radical (unpaired) electrons. The van der Waals surface area contributed by atoms with Crippen molar-refractivity contribution in [3.63, 3.8) is 0 Å². The molecule has 0 saturated carbocycles. The van der Waals surface area contributed by atoms with Crippen molar-refractivity contribution in [2.24, 2.45) is 23.7 Å². The summed E-state index contributed by atoms with van der Waals surface area (Å²) in [7, 11) is 5.25. The molecule has 0 aromatic carbocycles. The molecule has 4 N–H and O–H groups in total. The van der Waals surface area contributed by atoms with E-state index in [9.17, 15) is 30.0 Å². The molecule has 0 aromatic heterocycles. The molecule has 0 aliphatic carbocycles. The number of likely N-dealkylation sites (N-methyl/N-ethyl adjacent to an activating group) is 1. The summed E-state index contributed by atoms with van der Waals surface area (Å²) in [4.78, 5) is 30.3. The Morgan fingerprint density at radius 1 is 0.926 bits per heavy atom. The Balaban J connectivity index is 2.27. The number of ketones is 1. The fourth-order valence-corrected chi connectivity index (χ4v) is 8.78. The Bertz CT molecular complexity index is 1250. The highest BCUT2D eigenvalue weighted by Gasteiger charge is 2.54. The highest BCUT2D eigenvalue weighted by molar-refractivity contribution is 5.83. The molecular weight excluding hydrogens is 702 g/mol. The lowest BCUT2D eigenvalue weighted by Crippen LogP contribution is -2.61. The summed E-state index contributed by atoms with van der Waals surface area (Å²) in [5.74, 6) is -4.60. The van der Waals surface area contributed by atoms with E-state index in [0.717, 1.165) is 0 Å². The van der Waals surface area contributed by atoms with Gasteiger partial charge in [-0.25, -0.2) is 0 Å². The molecule has 0 spiro atoms. The number of hydrogen-bond donors (Lipinski definition) is 4. The summed E-state index contributed by atoms with van der Waals surface area (Å²) < 4.78 is 44.4. The van der Waals surface area contributed by atoms with E-state index >= 15 is 0 Å². The molecule has 18 atom stereocenters. The molecule has 3 aliphatic rings. The molecule has 3 fully saturated rings. The van der Waals surface area contributed by atoms with Gasteiger partial charge in [0.1, 0.15) is 29.7 Å². The minimum atomic E-state index is -1.98. The number of carbonyl (C=O) groups excluding carboxylic acids is 2. The summed E-state index contributed by atoms with van der Waals surface area (Å²) >= 11 is 0. The Morgan fingerprint density at radius 3 is 2.11 bits per heavy atom. The average Bonchev–Trinajstić information content (AvgIpc) is 3.11. The average molecular weight is 774 g/mol. The van der Waals surface area contributed by atoms with Gasteiger partial charge in [0, 0.05) is 37.3 Å². The minimum absolute atomic E-state index is 0.0658. The minimum Gasteiger partial charge on any atom is -0.459 e. The SMILES string of the molecule is C=CCO[C@]1(C)C[C@@H](C)C(=O)[C@H](C)[C@@H](O)[C@](C)(O)[C@H](CC)OC(=O)[C@H](C)[C@@H](O[C@H]2C[C@@](C)(OC)[C@@H](O)[C@H](C)O2)[C@H](C)[C@H]1O[C@@H]1O[C@H](C)C[C@H](N(C)C)[C@H]1O. The van der Waals surface area contributed by atoms with Crippen LogP contribution in [0.3, 0.4) is 0 Å². The highest BCUT2D eigenvalue weighted by Crippen LogP contribution is 2.42. The number of esters is 1. The lowest BCUT2D eigenvalue weighted by atomic mass is 9.73. The number of carbonyl (C=O) groups is 2. The van der Waals surface area contributed by atoms with Crippen LogP contribution in [0.15, 0.2) is 12.7 Å². The summed E-state index contributed by atoms with van der Waals surface area (Å²) in [5, 5.41) is 45.8. The zero-order chi connectivity index (χ0) is 41.1. The third kappa shape index (κ3) is 10.1. The van der Waals surface area contributed by atoms with Crippen LogP contribution in [0.5, 0.6) is 0 Å². The zero-order valence-electron chi connectivity index (χ0n) is 34.9. The van der Waals surface area contributed by atoms with Crippen LogP contribution in [0.4, 0.5) is 0 Å². The molecule has 0 unspecified atom stereocenters. The number of cyclic esters (lactones) is 1. The monoisotopic (exact) mass is 773 g/mol. The topological polar surface area (TPSA) is 183 Å². The van der Waals surface area contributed by atoms with E-state index in [1.807, 2.05) is 32.8 Å². The second-order valence-corrected chi connectivity index (χ2v) is 17.0. The summed E-state index contributed by atoms with van der Waals surface area (Å²) in [5.41, 5.74) is -4.33. The van der Waals surface area contributed by atoms with Crippen molar-refractivity contribution in [2.45, 2.75) is 179 Å². The normalized spacial score (nSPS) is 47.6. The zero-order valence-corrected chi connectivity index (χ0v) is 34.9. The van der Waals surface area contributed by atoms with E-state index in [-0.39, 0.29) is 43.8 Å². The third-order valence-corrected chi connectivity index (χ3v) is 12.3. The third-order valence-electron chi connectivity index (χ3n) is 12.3. The van der Waals surface area contributed by atoms with Crippen molar-refractivity contribution in [3.8, 4) is 0 Å². The maximum absolute atomic E-state index is 14.3. The van der Waals surface area contributed by atoms with Crippen LogP contribution in [-0.4, -0.2) is 149 Å². The Morgan fingerprint density at radius 2 is 1.56 bits per heavy atom. The predicted molar refractivity (Wildman–Crippen MR) is 200 cm³/mol. The van der Waals surface area contributed by atoms with Crippen LogP contribution in [0.2, 0.25) is 0 Å².